The van der Waals surface area contributed by atoms with Gasteiger partial charge in [0.2, 0.25) is 5.56 Å². The number of anilines is 1. The van der Waals surface area contributed by atoms with Crippen molar-refractivity contribution < 1.29 is 0 Å². The number of aryl methyl sites for hydroxylation is 1. The predicted molar refractivity (Wildman–Crippen MR) is 121 cm³/mol. The fourth-order valence-electron chi connectivity index (χ4n) is 4.20. The molecule has 2 aromatic heterocycles. The van der Waals surface area contributed by atoms with Crippen LogP contribution in [0.15, 0.2) is 53.3 Å². The zero-order valence-corrected chi connectivity index (χ0v) is 17.3. The van der Waals surface area contributed by atoms with E-state index < -0.39 is 0 Å². The molecule has 1 aliphatic heterocycles. The second kappa shape index (κ2) is 7.61. The van der Waals surface area contributed by atoms with Crippen molar-refractivity contribution in [1.29, 1.82) is 0 Å². The number of H-pyrrole nitrogens is 1. The molecule has 1 fully saturated rings. The standard InChI is InChI=1S/C23H24N4OS/c1-16-14-22(28)24-20-7-6-17(15-19(16)20)8-9-26-10-12-27(13-11-26)23-18-4-2-3-5-21(18)29-25-23/h2-7,14-15H,8-13H2,1H3,(H,24,28). The lowest BCUT2D eigenvalue weighted by Crippen LogP contribution is -2.47. The molecule has 0 atom stereocenters. The number of benzene rings is 2. The minimum Gasteiger partial charge on any atom is -0.353 e. The molecule has 5 nitrogen and oxygen atoms in total. The molecule has 0 saturated carbocycles. The molecule has 1 aliphatic rings. The summed E-state index contributed by atoms with van der Waals surface area (Å²) >= 11 is 1.59. The highest BCUT2D eigenvalue weighted by Gasteiger charge is 2.20. The van der Waals surface area contributed by atoms with Crippen LogP contribution in [0.3, 0.4) is 0 Å². The van der Waals surface area contributed by atoms with Gasteiger partial charge in [0.05, 0.1) is 4.70 Å². The Morgan fingerprint density at radius 2 is 1.86 bits per heavy atom. The maximum absolute atomic E-state index is 11.6. The van der Waals surface area contributed by atoms with Crippen LogP contribution in [0.5, 0.6) is 0 Å². The molecule has 4 aromatic rings. The molecular weight excluding hydrogens is 380 g/mol. The van der Waals surface area contributed by atoms with Gasteiger partial charge in [-0.2, -0.15) is 4.37 Å². The number of hydrogen-bond donors (Lipinski definition) is 1. The number of piperazine rings is 1. The van der Waals surface area contributed by atoms with E-state index in [1.807, 2.05) is 13.0 Å². The Kier molecular flexibility index (Phi) is 4.81. The van der Waals surface area contributed by atoms with Gasteiger partial charge in [0.25, 0.3) is 0 Å². The average Bonchev–Trinajstić information content (AvgIpc) is 3.17. The van der Waals surface area contributed by atoms with Crippen LogP contribution in [0.4, 0.5) is 5.82 Å². The summed E-state index contributed by atoms with van der Waals surface area (Å²) in [5.41, 5.74) is 3.24. The Morgan fingerprint density at radius 3 is 2.72 bits per heavy atom. The normalized spacial score (nSPS) is 15.4. The van der Waals surface area contributed by atoms with Crippen LogP contribution in [0.2, 0.25) is 0 Å². The number of fused-ring (bicyclic) bond motifs is 2. The summed E-state index contributed by atoms with van der Waals surface area (Å²) in [6, 6.07) is 16.6. The van der Waals surface area contributed by atoms with Crippen LogP contribution < -0.4 is 10.5 Å². The smallest absolute Gasteiger partial charge is 0.248 e. The summed E-state index contributed by atoms with van der Waals surface area (Å²) in [6.45, 7) is 7.22. The molecule has 0 bridgehead atoms. The lowest BCUT2D eigenvalue weighted by molar-refractivity contribution is 0.261. The van der Waals surface area contributed by atoms with Crippen molar-refractivity contribution in [3.8, 4) is 0 Å². The minimum absolute atomic E-state index is 0.0338. The molecule has 5 rings (SSSR count). The Bertz CT molecular complexity index is 1220. The first-order valence-corrected chi connectivity index (χ1v) is 10.9. The molecule has 0 spiro atoms. The van der Waals surface area contributed by atoms with E-state index in [4.69, 9.17) is 4.37 Å². The molecule has 0 unspecified atom stereocenters. The van der Waals surface area contributed by atoms with Gasteiger partial charge in [-0.25, -0.2) is 0 Å². The van der Waals surface area contributed by atoms with Gasteiger partial charge in [-0.3, -0.25) is 9.69 Å². The fraction of sp³-hybridized carbons (Fsp3) is 0.304. The van der Waals surface area contributed by atoms with Crippen molar-refractivity contribution in [3.63, 3.8) is 0 Å². The molecule has 0 amide bonds. The van der Waals surface area contributed by atoms with Crippen LogP contribution in [0.1, 0.15) is 11.1 Å². The van der Waals surface area contributed by atoms with Crippen molar-refractivity contribution in [2.24, 2.45) is 0 Å². The molecule has 2 aromatic carbocycles. The molecular formula is C23H24N4OS. The van der Waals surface area contributed by atoms with Gasteiger partial charge < -0.3 is 9.88 Å². The van der Waals surface area contributed by atoms with E-state index in [9.17, 15) is 4.79 Å². The third-order valence-electron chi connectivity index (χ3n) is 5.86. The maximum Gasteiger partial charge on any atom is 0.248 e. The number of aromatic amines is 1. The van der Waals surface area contributed by atoms with E-state index in [-0.39, 0.29) is 5.56 Å². The number of nitrogens with zero attached hydrogens (tertiary/aromatic N) is 3. The summed E-state index contributed by atoms with van der Waals surface area (Å²) < 4.78 is 5.97. The third-order valence-corrected chi connectivity index (χ3v) is 6.68. The first-order valence-electron chi connectivity index (χ1n) is 10.1. The second-order valence-electron chi connectivity index (χ2n) is 7.78. The van der Waals surface area contributed by atoms with Crippen LogP contribution >= 0.6 is 11.5 Å². The average molecular weight is 405 g/mol. The monoisotopic (exact) mass is 404 g/mol. The zero-order chi connectivity index (χ0) is 19.8. The van der Waals surface area contributed by atoms with Crippen molar-refractivity contribution in [3.05, 3.63) is 70.0 Å². The molecule has 1 saturated heterocycles. The first kappa shape index (κ1) is 18.3. The van der Waals surface area contributed by atoms with Gasteiger partial charge >= 0.3 is 0 Å². The lowest BCUT2D eigenvalue weighted by atomic mass is 10.0. The molecule has 1 N–H and O–H groups in total. The van der Waals surface area contributed by atoms with E-state index in [0.29, 0.717) is 0 Å². The highest BCUT2D eigenvalue weighted by atomic mass is 32.1. The minimum atomic E-state index is -0.0338. The van der Waals surface area contributed by atoms with E-state index >= 15 is 0 Å². The Morgan fingerprint density at radius 1 is 1.03 bits per heavy atom. The Balaban J connectivity index is 1.22. The van der Waals surface area contributed by atoms with E-state index in [1.165, 1.54) is 15.6 Å². The molecule has 3 heterocycles. The quantitative estimate of drug-likeness (QED) is 0.562. The van der Waals surface area contributed by atoms with Gasteiger partial charge in [0.1, 0.15) is 5.82 Å². The lowest BCUT2D eigenvalue weighted by Gasteiger charge is -2.35. The van der Waals surface area contributed by atoms with Gasteiger partial charge in [0, 0.05) is 55.1 Å². The van der Waals surface area contributed by atoms with Crippen molar-refractivity contribution in [2.75, 3.05) is 37.6 Å². The number of aromatic nitrogens is 2. The second-order valence-corrected chi connectivity index (χ2v) is 8.58. The fourth-order valence-corrected chi connectivity index (χ4v) is 4.99. The van der Waals surface area contributed by atoms with Crippen LogP contribution in [0.25, 0.3) is 21.0 Å². The topological polar surface area (TPSA) is 52.2 Å². The largest absolute Gasteiger partial charge is 0.353 e. The summed E-state index contributed by atoms with van der Waals surface area (Å²) in [5.74, 6) is 1.14. The molecule has 0 radical (unpaired) electrons. The highest BCUT2D eigenvalue weighted by molar-refractivity contribution is 7.13. The van der Waals surface area contributed by atoms with Crippen molar-refractivity contribution in [2.45, 2.75) is 13.3 Å². The molecule has 0 aliphatic carbocycles. The SMILES string of the molecule is Cc1cc(=O)[nH]c2ccc(CCN3CCN(c4nsc5ccccc45)CC3)cc12. The number of rotatable bonds is 4. The highest BCUT2D eigenvalue weighted by Crippen LogP contribution is 2.29. The summed E-state index contributed by atoms with van der Waals surface area (Å²) in [4.78, 5) is 19.5. The van der Waals surface area contributed by atoms with Gasteiger partial charge in [-0.05, 0) is 60.3 Å². The van der Waals surface area contributed by atoms with E-state index in [0.717, 1.165) is 61.4 Å². The van der Waals surface area contributed by atoms with Crippen molar-refractivity contribution >= 4 is 38.3 Å². The molecule has 6 heteroatoms. The first-order chi connectivity index (χ1) is 14.2. The Hall–Kier alpha value is -2.70. The van der Waals surface area contributed by atoms with E-state index in [2.05, 4.69) is 51.2 Å². The zero-order valence-electron chi connectivity index (χ0n) is 16.5. The summed E-state index contributed by atoms with van der Waals surface area (Å²) in [5, 5.41) is 2.41. The van der Waals surface area contributed by atoms with Gasteiger partial charge in [-0.1, -0.05) is 18.2 Å². The maximum atomic E-state index is 11.6. The Labute approximate surface area is 173 Å². The third kappa shape index (κ3) is 3.66. The van der Waals surface area contributed by atoms with Crippen molar-refractivity contribution in [1.82, 2.24) is 14.3 Å². The van der Waals surface area contributed by atoms with Crippen LogP contribution in [0, 0.1) is 6.92 Å². The number of hydrogen-bond acceptors (Lipinski definition) is 5. The van der Waals surface area contributed by atoms with Crippen LogP contribution in [-0.4, -0.2) is 47.0 Å². The van der Waals surface area contributed by atoms with E-state index in [1.54, 1.807) is 17.6 Å². The predicted octanol–water partition coefficient (Wildman–Crippen LogP) is 3.81. The van der Waals surface area contributed by atoms with Crippen LogP contribution in [-0.2, 0) is 6.42 Å². The van der Waals surface area contributed by atoms with Gasteiger partial charge in [0.15, 0.2) is 0 Å². The summed E-state index contributed by atoms with van der Waals surface area (Å²) in [6.07, 6.45) is 1.02. The number of pyridine rings is 1. The molecule has 148 valence electrons. The summed E-state index contributed by atoms with van der Waals surface area (Å²) in [7, 11) is 0. The molecule has 29 heavy (non-hydrogen) atoms. The van der Waals surface area contributed by atoms with Gasteiger partial charge in [-0.15, -0.1) is 0 Å². The number of nitrogens with one attached hydrogen (secondary N) is 1.